The van der Waals surface area contributed by atoms with Crippen LogP contribution in [0.15, 0.2) is 36.4 Å². The van der Waals surface area contributed by atoms with Crippen LogP contribution in [0.25, 0.3) is 11.1 Å². The van der Waals surface area contributed by atoms with Gasteiger partial charge in [0.05, 0.1) is 7.11 Å². The van der Waals surface area contributed by atoms with E-state index in [0.29, 0.717) is 17.2 Å². The third kappa shape index (κ3) is 3.74. The lowest BCUT2D eigenvalue weighted by atomic mass is 9.75. The van der Waals surface area contributed by atoms with Crippen LogP contribution in [0.4, 0.5) is 4.39 Å². The van der Waals surface area contributed by atoms with E-state index in [0.717, 1.165) is 12.0 Å². The Morgan fingerprint density at radius 2 is 1.74 bits per heavy atom. The number of halogens is 1. The third-order valence-corrected chi connectivity index (χ3v) is 4.75. The molecule has 0 unspecified atom stereocenters. The molecule has 1 nitrogen and oxygen atoms in total. The summed E-state index contributed by atoms with van der Waals surface area (Å²) >= 11 is 0. The maximum Gasteiger partial charge on any atom is 0.131 e. The summed E-state index contributed by atoms with van der Waals surface area (Å²) in [7, 11) is 1.61. The highest BCUT2D eigenvalue weighted by molar-refractivity contribution is 5.70. The zero-order valence-electron chi connectivity index (χ0n) is 15.0. The highest BCUT2D eigenvalue weighted by atomic mass is 19.1. The van der Waals surface area contributed by atoms with Gasteiger partial charge in [-0.1, -0.05) is 52.8 Å². The second kappa shape index (κ2) is 6.74. The quantitative estimate of drug-likeness (QED) is 0.651. The first-order valence-corrected chi connectivity index (χ1v) is 8.24. The zero-order valence-corrected chi connectivity index (χ0v) is 15.0. The number of aryl methyl sites for hydroxylation is 1. The van der Waals surface area contributed by atoms with E-state index in [-0.39, 0.29) is 11.2 Å². The molecule has 0 saturated heterocycles. The molecule has 0 aliphatic heterocycles. The van der Waals surface area contributed by atoms with Crippen molar-refractivity contribution in [3.05, 3.63) is 53.3 Å². The van der Waals surface area contributed by atoms with Crippen molar-refractivity contribution in [2.45, 2.75) is 47.0 Å². The van der Waals surface area contributed by atoms with Crippen LogP contribution in [0.1, 0.15) is 51.7 Å². The van der Waals surface area contributed by atoms with E-state index in [1.807, 2.05) is 6.07 Å². The van der Waals surface area contributed by atoms with Gasteiger partial charge in [-0.3, -0.25) is 0 Å². The number of methoxy groups -OCH3 is 1. The molecule has 2 rings (SSSR count). The van der Waals surface area contributed by atoms with Gasteiger partial charge in [0.1, 0.15) is 11.6 Å². The normalized spacial score (nSPS) is 13.0. The molecular formula is C21H27FO. The Morgan fingerprint density at radius 3 is 2.30 bits per heavy atom. The highest BCUT2D eigenvalue weighted by Crippen LogP contribution is 2.41. The molecule has 0 fully saturated rings. The summed E-state index contributed by atoms with van der Waals surface area (Å²) in [5, 5.41) is 0. The Kier molecular flexibility index (Phi) is 5.13. The molecule has 2 heteroatoms. The lowest BCUT2D eigenvalue weighted by molar-refractivity contribution is 0.340. The van der Waals surface area contributed by atoms with Gasteiger partial charge < -0.3 is 4.74 Å². The standard InChI is InChI=1S/C21H27FO/c1-7-15-8-10-17(18(12-15)14(2)21(3,4)5)19-13-16(23-6)9-11-20(19)22/h8-14H,7H2,1-6H3/t14-/m0/s1. The molecule has 0 spiro atoms. The van der Waals surface area contributed by atoms with Gasteiger partial charge in [-0.05, 0) is 52.6 Å². The van der Waals surface area contributed by atoms with Crippen molar-refractivity contribution >= 4 is 0 Å². The number of hydrogen-bond donors (Lipinski definition) is 0. The van der Waals surface area contributed by atoms with Crippen molar-refractivity contribution in [1.29, 1.82) is 0 Å². The minimum Gasteiger partial charge on any atom is -0.497 e. The summed E-state index contributed by atoms with van der Waals surface area (Å²) in [4.78, 5) is 0. The van der Waals surface area contributed by atoms with Crippen molar-refractivity contribution in [3.63, 3.8) is 0 Å². The average molecular weight is 314 g/mol. The summed E-state index contributed by atoms with van der Waals surface area (Å²) in [6, 6.07) is 11.3. The van der Waals surface area contributed by atoms with E-state index < -0.39 is 0 Å². The van der Waals surface area contributed by atoms with Crippen molar-refractivity contribution in [3.8, 4) is 16.9 Å². The van der Waals surface area contributed by atoms with Gasteiger partial charge in [0, 0.05) is 5.56 Å². The van der Waals surface area contributed by atoms with Crippen LogP contribution in [0, 0.1) is 11.2 Å². The second-order valence-electron chi connectivity index (χ2n) is 7.21. The third-order valence-electron chi connectivity index (χ3n) is 4.75. The number of ether oxygens (including phenoxy) is 1. The predicted molar refractivity (Wildman–Crippen MR) is 95.6 cm³/mol. The number of rotatable bonds is 4. The van der Waals surface area contributed by atoms with Gasteiger partial charge in [-0.25, -0.2) is 4.39 Å². The van der Waals surface area contributed by atoms with Crippen LogP contribution in [0.2, 0.25) is 0 Å². The summed E-state index contributed by atoms with van der Waals surface area (Å²) in [6.45, 7) is 11.0. The summed E-state index contributed by atoms with van der Waals surface area (Å²) in [6.07, 6.45) is 0.977. The Hall–Kier alpha value is -1.83. The van der Waals surface area contributed by atoms with E-state index in [1.165, 1.54) is 17.2 Å². The van der Waals surface area contributed by atoms with E-state index in [4.69, 9.17) is 4.74 Å². The van der Waals surface area contributed by atoms with E-state index >= 15 is 0 Å². The fraction of sp³-hybridized carbons (Fsp3) is 0.429. The molecule has 0 aliphatic rings. The molecule has 0 heterocycles. The van der Waals surface area contributed by atoms with Crippen LogP contribution >= 0.6 is 0 Å². The van der Waals surface area contributed by atoms with Crippen LogP contribution in [0.3, 0.4) is 0 Å². The molecule has 0 aromatic heterocycles. The lowest BCUT2D eigenvalue weighted by Crippen LogP contribution is -2.16. The molecule has 0 aliphatic carbocycles. The molecule has 1 atom stereocenters. The molecule has 23 heavy (non-hydrogen) atoms. The topological polar surface area (TPSA) is 9.23 Å². The van der Waals surface area contributed by atoms with Gasteiger partial charge >= 0.3 is 0 Å². The maximum atomic E-state index is 14.5. The van der Waals surface area contributed by atoms with Gasteiger partial charge in [0.15, 0.2) is 0 Å². The van der Waals surface area contributed by atoms with Gasteiger partial charge in [0.2, 0.25) is 0 Å². The number of hydrogen-bond acceptors (Lipinski definition) is 1. The minimum absolute atomic E-state index is 0.108. The van der Waals surface area contributed by atoms with E-state index in [2.05, 4.69) is 46.8 Å². The van der Waals surface area contributed by atoms with E-state index in [1.54, 1.807) is 19.2 Å². The Balaban J connectivity index is 2.67. The molecule has 0 saturated carbocycles. The number of benzene rings is 2. The fourth-order valence-electron chi connectivity index (χ4n) is 2.74. The lowest BCUT2D eigenvalue weighted by Gasteiger charge is -2.30. The molecule has 0 amide bonds. The Labute approximate surface area is 139 Å². The van der Waals surface area contributed by atoms with Crippen LogP contribution in [0.5, 0.6) is 5.75 Å². The van der Waals surface area contributed by atoms with Crippen molar-refractivity contribution in [2.75, 3.05) is 7.11 Å². The maximum absolute atomic E-state index is 14.5. The van der Waals surface area contributed by atoms with Crippen molar-refractivity contribution < 1.29 is 9.13 Å². The summed E-state index contributed by atoms with van der Waals surface area (Å²) in [5.74, 6) is 0.780. The zero-order chi connectivity index (χ0) is 17.2. The first-order chi connectivity index (χ1) is 10.8. The van der Waals surface area contributed by atoms with Crippen LogP contribution in [-0.2, 0) is 6.42 Å². The van der Waals surface area contributed by atoms with Crippen molar-refractivity contribution in [1.82, 2.24) is 0 Å². The first-order valence-electron chi connectivity index (χ1n) is 8.24. The molecule has 124 valence electrons. The first kappa shape index (κ1) is 17.5. The monoisotopic (exact) mass is 314 g/mol. The van der Waals surface area contributed by atoms with Gasteiger partial charge in [0.25, 0.3) is 0 Å². The molecule has 0 N–H and O–H groups in total. The molecule has 2 aromatic carbocycles. The predicted octanol–water partition coefficient (Wildman–Crippen LogP) is 6.21. The van der Waals surface area contributed by atoms with Crippen LogP contribution in [-0.4, -0.2) is 7.11 Å². The fourth-order valence-corrected chi connectivity index (χ4v) is 2.74. The highest BCUT2D eigenvalue weighted by Gasteiger charge is 2.25. The molecular weight excluding hydrogens is 287 g/mol. The summed E-state index contributed by atoms with van der Waals surface area (Å²) in [5.41, 5.74) is 4.16. The molecule has 2 aromatic rings. The SMILES string of the molecule is CCc1ccc(-c2cc(OC)ccc2F)c([C@H](C)C(C)(C)C)c1. The summed E-state index contributed by atoms with van der Waals surface area (Å²) < 4.78 is 19.7. The second-order valence-corrected chi connectivity index (χ2v) is 7.21. The van der Waals surface area contributed by atoms with Gasteiger partial charge in [-0.15, -0.1) is 0 Å². The smallest absolute Gasteiger partial charge is 0.131 e. The minimum atomic E-state index is -0.211. The molecule has 0 radical (unpaired) electrons. The molecule has 0 bridgehead atoms. The van der Waals surface area contributed by atoms with Crippen molar-refractivity contribution in [2.24, 2.45) is 5.41 Å². The van der Waals surface area contributed by atoms with Crippen LogP contribution < -0.4 is 4.74 Å². The largest absolute Gasteiger partial charge is 0.497 e. The van der Waals surface area contributed by atoms with E-state index in [9.17, 15) is 4.39 Å². The van der Waals surface area contributed by atoms with Gasteiger partial charge in [-0.2, -0.15) is 0 Å². The Bertz CT molecular complexity index is 683. The Morgan fingerprint density at radius 1 is 1.04 bits per heavy atom. The average Bonchev–Trinajstić information content (AvgIpc) is 2.53.